The molecule has 1 saturated carbocycles. The Balaban J connectivity index is 1.82. The van der Waals surface area contributed by atoms with E-state index in [2.05, 4.69) is 15.2 Å². The number of nitrogens with one attached hydrogen (secondary N) is 2. The first kappa shape index (κ1) is 16.0. The van der Waals surface area contributed by atoms with Crippen LogP contribution in [0.15, 0.2) is 33.9 Å². The lowest BCUT2D eigenvalue weighted by Gasteiger charge is -2.34. The van der Waals surface area contributed by atoms with Gasteiger partial charge in [0.15, 0.2) is 0 Å². The van der Waals surface area contributed by atoms with Crippen LogP contribution in [0.25, 0.3) is 5.69 Å². The molecule has 0 unspecified atom stereocenters. The van der Waals surface area contributed by atoms with Crippen LogP contribution in [-0.2, 0) is 6.54 Å². The molecule has 1 aliphatic carbocycles. The van der Waals surface area contributed by atoms with E-state index < -0.39 is 5.69 Å². The van der Waals surface area contributed by atoms with Gasteiger partial charge in [0.05, 0.1) is 25.0 Å². The molecule has 0 radical (unpaired) electrons. The highest BCUT2D eigenvalue weighted by molar-refractivity contribution is 5.56. The van der Waals surface area contributed by atoms with Crippen LogP contribution in [0.5, 0.6) is 5.75 Å². The van der Waals surface area contributed by atoms with Crippen LogP contribution in [0.2, 0.25) is 0 Å². The van der Waals surface area contributed by atoms with Gasteiger partial charge in [0.1, 0.15) is 11.6 Å². The van der Waals surface area contributed by atoms with E-state index in [1.165, 1.54) is 30.3 Å². The van der Waals surface area contributed by atoms with Crippen LogP contribution >= 0.6 is 0 Å². The molecule has 1 aliphatic heterocycles. The highest BCUT2D eigenvalue weighted by Crippen LogP contribution is 2.30. The summed E-state index contributed by atoms with van der Waals surface area (Å²) in [5.41, 5.74) is 0.435. The van der Waals surface area contributed by atoms with E-state index in [1.807, 2.05) is 18.2 Å². The van der Waals surface area contributed by atoms with Gasteiger partial charge in [0.2, 0.25) is 0 Å². The van der Waals surface area contributed by atoms with Gasteiger partial charge in [0, 0.05) is 12.6 Å². The van der Waals surface area contributed by atoms with E-state index in [-0.39, 0.29) is 5.56 Å². The number of nitrogens with zero attached hydrogens (tertiary/aromatic N) is 2. The molecule has 0 amide bonds. The summed E-state index contributed by atoms with van der Waals surface area (Å²) in [4.78, 5) is 29.7. The molecular weight excluding hydrogens is 320 g/mol. The number of ether oxygens (including phenoxy) is 1. The van der Waals surface area contributed by atoms with E-state index in [0.717, 1.165) is 0 Å². The van der Waals surface area contributed by atoms with Gasteiger partial charge in [-0.1, -0.05) is 25.0 Å². The van der Waals surface area contributed by atoms with E-state index >= 15 is 0 Å². The summed E-state index contributed by atoms with van der Waals surface area (Å²) in [5, 5.41) is 3.30. The third kappa shape index (κ3) is 2.74. The second-order valence-corrected chi connectivity index (χ2v) is 6.61. The Labute approximate surface area is 145 Å². The van der Waals surface area contributed by atoms with Crippen molar-refractivity contribution >= 4 is 5.82 Å². The molecule has 0 saturated heterocycles. The highest BCUT2D eigenvalue weighted by atomic mass is 16.5. The molecule has 1 aromatic heterocycles. The first-order chi connectivity index (χ1) is 12.2. The van der Waals surface area contributed by atoms with E-state index in [4.69, 9.17) is 4.74 Å². The molecule has 0 bridgehead atoms. The molecule has 2 aliphatic rings. The minimum Gasteiger partial charge on any atom is -0.495 e. The maximum Gasteiger partial charge on any atom is 0.334 e. The average molecular weight is 342 g/mol. The predicted octanol–water partition coefficient (Wildman–Crippen LogP) is 1.66. The molecule has 4 rings (SSSR count). The van der Waals surface area contributed by atoms with Gasteiger partial charge in [-0.3, -0.25) is 14.7 Å². The first-order valence-corrected chi connectivity index (χ1v) is 8.68. The number of rotatable bonds is 3. The Morgan fingerprint density at radius 3 is 2.68 bits per heavy atom. The number of anilines is 1. The number of aromatic nitrogens is 2. The first-order valence-electron chi connectivity index (χ1n) is 8.68. The molecule has 2 aromatic rings. The zero-order chi connectivity index (χ0) is 17.4. The SMILES string of the molecule is COc1ccccc1-n1c2c(c(=O)[nH]c1=O)CN(C1CCCC1)CN2. The molecule has 7 nitrogen and oxygen atoms in total. The predicted molar refractivity (Wildman–Crippen MR) is 95.5 cm³/mol. The van der Waals surface area contributed by atoms with Crippen molar-refractivity contribution in [1.29, 1.82) is 0 Å². The average Bonchev–Trinajstić information content (AvgIpc) is 3.16. The molecule has 132 valence electrons. The lowest BCUT2D eigenvalue weighted by molar-refractivity contribution is 0.195. The number of benzene rings is 1. The number of hydrogen-bond acceptors (Lipinski definition) is 5. The largest absolute Gasteiger partial charge is 0.495 e. The van der Waals surface area contributed by atoms with Crippen molar-refractivity contribution in [2.45, 2.75) is 38.3 Å². The summed E-state index contributed by atoms with van der Waals surface area (Å²) in [5.74, 6) is 1.14. The van der Waals surface area contributed by atoms with Crippen LogP contribution in [0.3, 0.4) is 0 Å². The molecule has 7 heteroatoms. The normalized spacial score (nSPS) is 18.0. The van der Waals surface area contributed by atoms with Gasteiger partial charge >= 0.3 is 5.69 Å². The Hall–Kier alpha value is -2.54. The number of hydrogen-bond donors (Lipinski definition) is 2. The molecule has 2 heterocycles. The van der Waals surface area contributed by atoms with Crippen LogP contribution in [0, 0.1) is 0 Å². The topological polar surface area (TPSA) is 79.4 Å². The molecule has 1 aromatic carbocycles. The Morgan fingerprint density at radius 1 is 1.16 bits per heavy atom. The van der Waals surface area contributed by atoms with E-state index in [0.29, 0.717) is 42.1 Å². The van der Waals surface area contributed by atoms with Gasteiger partial charge < -0.3 is 10.1 Å². The van der Waals surface area contributed by atoms with Gasteiger partial charge in [-0.15, -0.1) is 0 Å². The number of aromatic amines is 1. The van der Waals surface area contributed by atoms with Crippen LogP contribution < -0.4 is 21.3 Å². The molecule has 2 N–H and O–H groups in total. The summed E-state index contributed by atoms with van der Waals surface area (Å²) < 4.78 is 6.89. The monoisotopic (exact) mass is 342 g/mol. The van der Waals surface area contributed by atoms with Crippen LogP contribution in [0.4, 0.5) is 5.82 Å². The minimum atomic E-state index is -0.463. The highest BCUT2D eigenvalue weighted by Gasteiger charge is 2.29. The van der Waals surface area contributed by atoms with Crippen molar-refractivity contribution in [1.82, 2.24) is 14.5 Å². The fourth-order valence-corrected chi connectivity index (χ4v) is 3.91. The van der Waals surface area contributed by atoms with Crippen molar-refractivity contribution in [2.75, 3.05) is 19.1 Å². The quantitative estimate of drug-likeness (QED) is 0.887. The van der Waals surface area contributed by atoms with Gasteiger partial charge in [-0.2, -0.15) is 0 Å². The standard InChI is InChI=1S/C18H22N4O3/c1-25-15-9-5-4-8-14(15)22-16-13(17(23)20-18(22)24)10-21(11-19-16)12-6-2-3-7-12/h4-5,8-9,12,19H,2-3,6-7,10-11H2,1H3,(H,20,23,24). The summed E-state index contributed by atoms with van der Waals surface area (Å²) in [6.07, 6.45) is 4.82. The number of methoxy groups -OCH3 is 1. The van der Waals surface area contributed by atoms with Crippen molar-refractivity contribution in [3.05, 3.63) is 50.7 Å². The second kappa shape index (κ2) is 6.40. The van der Waals surface area contributed by atoms with Crippen molar-refractivity contribution in [3.8, 4) is 11.4 Å². The van der Waals surface area contributed by atoms with E-state index in [9.17, 15) is 9.59 Å². The maximum atomic E-state index is 12.5. The Morgan fingerprint density at radius 2 is 1.92 bits per heavy atom. The van der Waals surface area contributed by atoms with Crippen LogP contribution in [-0.4, -0.2) is 34.3 Å². The fourth-order valence-electron chi connectivity index (χ4n) is 3.91. The number of para-hydroxylation sites is 2. The summed E-state index contributed by atoms with van der Waals surface area (Å²) >= 11 is 0. The summed E-state index contributed by atoms with van der Waals surface area (Å²) in [6.45, 7) is 1.19. The van der Waals surface area contributed by atoms with Crippen LogP contribution in [0.1, 0.15) is 31.2 Å². The smallest absolute Gasteiger partial charge is 0.334 e. The van der Waals surface area contributed by atoms with Crippen molar-refractivity contribution < 1.29 is 4.74 Å². The maximum absolute atomic E-state index is 12.5. The molecule has 0 atom stereocenters. The molecule has 1 fully saturated rings. The summed E-state index contributed by atoms with van der Waals surface area (Å²) in [7, 11) is 1.57. The number of H-pyrrole nitrogens is 1. The molecular formula is C18H22N4O3. The Kier molecular flexibility index (Phi) is 4.09. The molecule has 25 heavy (non-hydrogen) atoms. The van der Waals surface area contributed by atoms with Crippen molar-refractivity contribution in [2.24, 2.45) is 0 Å². The minimum absolute atomic E-state index is 0.318. The lowest BCUT2D eigenvalue weighted by atomic mass is 10.1. The van der Waals surface area contributed by atoms with Gasteiger partial charge in [-0.05, 0) is 25.0 Å². The Bertz CT molecular complexity index is 896. The van der Waals surface area contributed by atoms with Crippen molar-refractivity contribution in [3.63, 3.8) is 0 Å². The molecule has 0 spiro atoms. The second-order valence-electron chi connectivity index (χ2n) is 6.61. The summed E-state index contributed by atoms with van der Waals surface area (Å²) in [6, 6.07) is 7.80. The zero-order valence-corrected chi connectivity index (χ0v) is 14.2. The van der Waals surface area contributed by atoms with Gasteiger partial charge in [0.25, 0.3) is 5.56 Å². The fraction of sp³-hybridized carbons (Fsp3) is 0.444. The third-order valence-electron chi connectivity index (χ3n) is 5.19. The zero-order valence-electron chi connectivity index (χ0n) is 14.2. The van der Waals surface area contributed by atoms with E-state index in [1.54, 1.807) is 13.2 Å². The third-order valence-corrected chi connectivity index (χ3v) is 5.19. The van der Waals surface area contributed by atoms with Gasteiger partial charge in [-0.25, -0.2) is 9.36 Å². The number of fused-ring (bicyclic) bond motifs is 1. The lowest BCUT2D eigenvalue weighted by Crippen LogP contribution is -2.46.